The Morgan fingerprint density at radius 1 is 1.25 bits per heavy atom. The van der Waals surface area contributed by atoms with Crippen LogP contribution in [0.15, 0.2) is 12.1 Å². The van der Waals surface area contributed by atoms with Gasteiger partial charge in [0.1, 0.15) is 5.82 Å². The highest BCUT2D eigenvalue weighted by atomic mass is 35.5. The molecule has 0 fully saturated rings. The summed E-state index contributed by atoms with van der Waals surface area (Å²) in [4.78, 5) is 8.84. The van der Waals surface area contributed by atoms with E-state index >= 15 is 0 Å². The molecule has 0 amide bonds. The number of aryl methyl sites for hydroxylation is 1. The number of fused-ring (bicyclic) bond motifs is 1. The van der Waals surface area contributed by atoms with Crippen molar-refractivity contribution in [2.45, 2.75) is 13.8 Å². The largest absolute Gasteiger partial charge is 0.454 e. The van der Waals surface area contributed by atoms with E-state index in [-0.39, 0.29) is 6.79 Å². The monoisotopic (exact) mass is 292 g/mol. The molecule has 0 bridgehead atoms. The molecule has 0 saturated heterocycles. The van der Waals surface area contributed by atoms with Gasteiger partial charge in [-0.25, -0.2) is 15.8 Å². The maximum absolute atomic E-state index is 6.17. The SMILES string of the molecule is Cc1nc(-c2cc(Cl)c3c(c2)OCO3)nc(NN)c1C. The highest BCUT2D eigenvalue weighted by Gasteiger charge is 2.20. The summed E-state index contributed by atoms with van der Waals surface area (Å²) in [5, 5.41) is 0.471. The fraction of sp³-hybridized carbons (Fsp3) is 0.231. The summed E-state index contributed by atoms with van der Waals surface area (Å²) in [5.41, 5.74) is 5.07. The zero-order chi connectivity index (χ0) is 14.3. The molecule has 3 rings (SSSR count). The standard InChI is InChI=1S/C13H13ClN4O2/c1-6-7(2)16-13(17-12(6)18-15)8-3-9(14)11-10(4-8)19-5-20-11/h3-4H,5,15H2,1-2H3,(H,16,17,18). The molecule has 1 aromatic carbocycles. The smallest absolute Gasteiger partial charge is 0.231 e. The van der Waals surface area contributed by atoms with Crippen LogP contribution in [0.3, 0.4) is 0 Å². The van der Waals surface area contributed by atoms with Crippen molar-refractivity contribution in [1.82, 2.24) is 9.97 Å². The molecule has 1 aliphatic heterocycles. The molecular formula is C13H13ClN4O2. The van der Waals surface area contributed by atoms with Crippen LogP contribution in [0.2, 0.25) is 5.02 Å². The molecule has 0 unspecified atom stereocenters. The number of ether oxygens (including phenoxy) is 2. The molecule has 2 heterocycles. The molecule has 0 spiro atoms. The van der Waals surface area contributed by atoms with Gasteiger partial charge in [-0.2, -0.15) is 0 Å². The van der Waals surface area contributed by atoms with Crippen molar-refractivity contribution < 1.29 is 9.47 Å². The van der Waals surface area contributed by atoms with E-state index in [0.717, 1.165) is 16.8 Å². The number of nitrogens with zero attached hydrogens (tertiary/aromatic N) is 2. The van der Waals surface area contributed by atoms with Gasteiger partial charge in [-0.15, -0.1) is 0 Å². The Labute approximate surface area is 120 Å². The van der Waals surface area contributed by atoms with E-state index in [4.69, 9.17) is 26.9 Å². The van der Waals surface area contributed by atoms with Gasteiger partial charge in [0.05, 0.1) is 5.02 Å². The number of anilines is 1. The second kappa shape index (κ2) is 4.81. The topological polar surface area (TPSA) is 82.3 Å². The predicted molar refractivity (Wildman–Crippen MR) is 75.9 cm³/mol. The highest BCUT2D eigenvalue weighted by Crippen LogP contribution is 2.41. The van der Waals surface area contributed by atoms with E-state index in [1.54, 1.807) is 12.1 Å². The van der Waals surface area contributed by atoms with Gasteiger partial charge in [-0.3, -0.25) is 0 Å². The minimum atomic E-state index is 0.169. The third kappa shape index (κ3) is 2.03. The van der Waals surface area contributed by atoms with Crippen LogP contribution in [0.1, 0.15) is 11.3 Å². The van der Waals surface area contributed by atoms with Gasteiger partial charge in [-0.05, 0) is 26.0 Å². The molecule has 3 N–H and O–H groups in total. The van der Waals surface area contributed by atoms with Gasteiger partial charge in [0.25, 0.3) is 0 Å². The lowest BCUT2D eigenvalue weighted by molar-refractivity contribution is 0.174. The van der Waals surface area contributed by atoms with Gasteiger partial charge in [0.15, 0.2) is 17.3 Å². The van der Waals surface area contributed by atoms with Crippen LogP contribution >= 0.6 is 11.6 Å². The summed E-state index contributed by atoms with van der Waals surface area (Å²) in [5.74, 6) is 7.74. The van der Waals surface area contributed by atoms with Gasteiger partial charge in [-0.1, -0.05) is 11.6 Å². The zero-order valence-electron chi connectivity index (χ0n) is 11.0. The average Bonchev–Trinajstić information content (AvgIpc) is 2.90. The summed E-state index contributed by atoms with van der Waals surface area (Å²) < 4.78 is 10.6. The quantitative estimate of drug-likeness (QED) is 0.653. The number of nitrogens with two attached hydrogens (primary N) is 1. The third-order valence-corrected chi connectivity index (χ3v) is 3.49. The van der Waals surface area contributed by atoms with Crippen molar-refractivity contribution in [3.63, 3.8) is 0 Å². The van der Waals surface area contributed by atoms with Crippen molar-refractivity contribution in [2.24, 2.45) is 5.84 Å². The number of rotatable bonds is 2. The van der Waals surface area contributed by atoms with E-state index in [0.29, 0.717) is 28.2 Å². The first-order valence-corrected chi connectivity index (χ1v) is 6.39. The second-order valence-electron chi connectivity index (χ2n) is 4.44. The number of nitrogens with one attached hydrogen (secondary N) is 1. The number of hydrazine groups is 1. The van der Waals surface area contributed by atoms with E-state index in [9.17, 15) is 0 Å². The molecule has 1 aromatic heterocycles. The second-order valence-corrected chi connectivity index (χ2v) is 4.85. The Balaban J connectivity index is 2.14. The van der Waals surface area contributed by atoms with Crippen molar-refractivity contribution in [3.8, 4) is 22.9 Å². The van der Waals surface area contributed by atoms with Gasteiger partial charge in [0.2, 0.25) is 6.79 Å². The first-order chi connectivity index (χ1) is 9.60. The Morgan fingerprint density at radius 3 is 2.80 bits per heavy atom. The molecule has 104 valence electrons. The number of aromatic nitrogens is 2. The lowest BCUT2D eigenvalue weighted by Gasteiger charge is -2.10. The molecule has 7 heteroatoms. The average molecular weight is 293 g/mol. The van der Waals surface area contributed by atoms with Gasteiger partial charge < -0.3 is 14.9 Å². The molecule has 2 aromatic rings. The van der Waals surface area contributed by atoms with Crippen molar-refractivity contribution >= 4 is 17.4 Å². The van der Waals surface area contributed by atoms with Crippen LogP contribution in [-0.4, -0.2) is 16.8 Å². The van der Waals surface area contributed by atoms with Crippen LogP contribution in [0, 0.1) is 13.8 Å². The first kappa shape index (κ1) is 13.0. The summed E-state index contributed by atoms with van der Waals surface area (Å²) in [6.45, 7) is 3.97. The molecule has 1 aliphatic rings. The predicted octanol–water partition coefficient (Wildman–Crippen LogP) is 2.43. The zero-order valence-corrected chi connectivity index (χ0v) is 11.8. The number of halogens is 1. The maximum atomic E-state index is 6.17. The van der Waals surface area contributed by atoms with Crippen LogP contribution in [0.5, 0.6) is 11.5 Å². The highest BCUT2D eigenvalue weighted by molar-refractivity contribution is 6.32. The molecule has 20 heavy (non-hydrogen) atoms. The maximum Gasteiger partial charge on any atom is 0.231 e. The molecule has 0 radical (unpaired) electrons. The number of hydrogen-bond acceptors (Lipinski definition) is 6. The normalized spacial score (nSPS) is 12.6. The van der Waals surface area contributed by atoms with Crippen LogP contribution in [0.25, 0.3) is 11.4 Å². The Kier molecular flexibility index (Phi) is 3.11. The van der Waals surface area contributed by atoms with Gasteiger partial charge in [0, 0.05) is 16.8 Å². The van der Waals surface area contributed by atoms with E-state index in [1.807, 2.05) is 13.8 Å². The Morgan fingerprint density at radius 2 is 2.05 bits per heavy atom. The van der Waals surface area contributed by atoms with E-state index in [2.05, 4.69) is 15.4 Å². The number of nitrogen functional groups attached to an aromatic ring is 1. The lowest BCUT2D eigenvalue weighted by atomic mass is 10.1. The van der Waals surface area contributed by atoms with Crippen molar-refractivity contribution in [3.05, 3.63) is 28.4 Å². The number of hydrogen-bond donors (Lipinski definition) is 2. The Bertz CT molecular complexity index is 682. The van der Waals surface area contributed by atoms with Crippen LogP contribution in [0.4, 0.5) is 5.82 Å². The number of benzene rings is 1. The lowest BCUT2D eigenvalue weighted by Crippen LogP contribution is -2.12. The van der Waals surface area contributed by atoms with E-state index in [1.165, 1.54) is 0 Å². The van der Waals surface area contributed by atoms with Crippen molar-refractivity contribution in [1.29, 1.82) is 0 Å². The fourth-order valence-electron chi connectivity index (χ4n) is 1.99. The molecule has 0 atom stereocenters. The molecular weight excluding hydrogens is 280 g/mol. The van der Waals surface area contributed by atoms with Crippen LogP contribution < -0.4 is 20.7 Å². The minimum absolute atomic E-state index is 0.169. The summed E-state index contributed by atoms with van der Waals surface area (Å²) in [6, 6.07) is 3.55. The Hall–Kier alpha value is -2.05. The third-order valence-electron chi connectivity index (χ3n) is 3.21. The minimum Gasteiger partial charge on any atom is -0.454 e. The molecule has 0 saturated carbocycles. The molecule has 0 aliphatic carbocycles. The molecule has 6 nitrogen and oxygen atoms in total. The van der Waals surface area contributed by atoms with Gasteiger partial charge >= 0.3 is 0 Å². The van der Waals surface area contributed by atoms with Crippen molar-refractivity contribution in [2.75, 3.05) is 12.2 Å². The summed E-state index contributed by atoms with van der Waals surface area (Å²) in [6.07, 6.45) is 0. The van der Waals surface area contributed by atoms with E-state index < -0.39 is 0 Å². The first-order valence-electron chi connectivity index (χ1n) is 6.01. The summed E-state index contributed by atoms with van der Waals surface area (Å²) >= 11 is 6.17. The fourth-order valence-corrected chi connectivity index (χ4v) is 2.26. The van der Waals surface area contributed by atoms with Crippen LogP contribution in [-0.2, 0) is 0 Å². The summed E-state index contributed by atoms with van der Waals surface area (Å²) in [7, 11) is 0.